The van der Waals surface area contributed by atoms with Crippen molar-refractivity contribution < 1.29 is 14.3 Å². The van der Waals surface area contributed by atoms with Gasteiger partial charge in [-0.2, -0.15) is 0 Å². The molecule has 0 bridgehead atoms. The molecule has 0 radical (unpaired) electrons. The maximum atomic E-state index is 13.6. The van der Waals surface area contributed by atoms with E-state index in [1.165, 1.54) is 23.9 Å². The molecule has 0 saturated carbocycles. The van der Waals surface area contributed by atoms with Crippen LogP contribution in [-0.4, -0.2) is 22.9 Å². The van der Waals surface area contributed by atoms with Gasteiger partial charge in [0.1, 0.15) is 11.9 Å². The van der Waals surface area contributed by atoms with Crippen LogP contribution in [0.4, 0.5) is 4.39 Å². The number of aliphatic carboxylic acids is 1. The number of hydrogen-bond donors (Lipinski definition) is 2. The lowest BCUT2D eigenvalue weighted by Crippen LogP contribution is -2.35. The number of carboxylic acid groups (broad SMARTS) is 1. The van der Waals surface area contributed by atoms with Crippen LogP contribution < -0.4 is 5.73 Å². The summed E-state index contributed by atoms with van der Waals surface area (Å²) in [6.45, 7) is 0. The Morgan fingerprint density at radius 1 is 0.963 bits per heavy atom. The Bertz CT molecular complexity index is 958. The highest BCUT2D eigenvalue weighted by Gasteiger charge is 2.45. The topological polar surface area (TPSA) is 63.3 Å². The van der Waals surface area contributed by atoms with E-state index in [9.17, 15) is 14.3 Å². The number of hydrogen-bond acceptors (Lipinski definition) is 3. The summed E-state index contributed by atoms with van der Waals surface area (Å²) in [4.78, 5) is 11.3. The summed E-state index contributed by atoms with van der Waals surface area (Å²) in [5.41, 5.74) is 11.1. The minimum atomic E-state index is -1.03. The first-order chi connectivity index (χ1) is 13.0. The van der Waals surface area contributed by atoms with Crippen LogP contribution in [0.1, 0.15) is 16.7 Å². The first kappa shape index (κ1) is 17.8. The molecule has 0 aromatic heterocycles. The molecule has 136 valence electrons. The Morgan fingerprint density at radius 2 is 1.48 bits per heavy atom. The zero-order valence-electron chi connectivity index (χ0n) is 14.4. The molecule has 3 aromatic carbocycles. The molecule has 5 heteroatoms. The summed E-state index contributed by atoms with van der Waals surface area (Å²) in [5, 5.41) is 9.25. The summed E-state index contributed by atoms with van der Waals surface area (Å²) in [6, 6.07) is 21.6. The Morgan fingerprint density at radius 3 is 2.00 bits per heavy atom. The van der Waals surface area contributed by atoms with Crippen molar-refractivity contribution >= 4 is 17.7 Å². The lowest BCUT2D eigenvalue weighted by molar-refractivity contribution is -0.137. The van der Waals surface area contributed by atoms with Crippen LogP contribution in [0.2, 0.25) is 0 Å². The van der Waals surface area contributed by atoms with Gasteiger partial charge in [0.25, 0.3) is 0 Å². The average Bonchev–Trinajstić information content (AvgIpc) is 2.98. The first-order valence-corrected chi connectivity index (χ1v) is 9.60. The molecule has 3 N–H and O–H groups in total. The van der Waals surface area contributed by atoms with Crippen molar-refractivity contribution in [2.45, 2.75) is 10.8 Å². The molecule has 0 aliphatic heterocycles. The average molecular weight is 379 g/mol. The van der Waals surface area contributed by atoms with Crippen LogP contribution in [0.3, 0.4) is 0 Å². The molecule has 4 rings (SSSR count). The summed E-state index contributed by atoms with van der Waals surface area (Å²) < 4.78 is 13.0. The van der Waals surface area contributed by atoms with Crippen molar-refractivity contribution in [3.05, 3.63) is 95.3 Å². The second-order valence-electron chi connectivity index (χ2n) is 6.53. The molecule has 0 saturated heterocycles. The molecule has 1 aliphatic carbocycles. The number of fused-ring (bicyclic) bond motifs is 3. The van der Waals surface area contributed by atoms with Gasteiger partial charge in [-0.3, -0.25) is 4.79 Å². The number of carboxylic acids is 1. The van der Waals surface area contributed by atoms with E-state index in [4.69, 9.17) is 5.73 Å². The number of rotatable bonds is 5. The third-order valence-electron chi connectivity index (χ3n) is 4.95. The lowest BCUT2D eigenvalue weighted by Gasteiger charge is -2.33. The van der Waals surface area contributed by atoms with Crippen molar-refractivity contribution in [1.29, 1.82) is 0 Å². The zero-order chi connectivity index (χ0) is 19.0. The third-order valence-corrected chi connectivity index (χ3v) is 6.58. The van der Waals surface area contributed by atoms with Gasteiger partial charge in [0.05, 0.1) is 4.75 Å². The van der Waals surface area contributed by atoms with Crippen molar-refractivity contribution in [2.24, 2.45) is 5.73 Å². The molecule has 1 aliphatic rings. The standard InChI is InChI=1S/C22H18FNO2S/c23-15-11-9-14(10-12-15)22(27-13-20(24)21(25)26)18-7-3-1-5-16(18)17-6-2-4-8-19(17)22/h1-12,20H,13,24H2,(H,25,26)/t20-/m0/s1. The molecule has 0 heterocycles. The van der Waals surface area contributed by atoms with E-state index >= 15 is 0 Å². The van der Waals surface area contributed by atoms with Gasteiger partial charge in [-0.05, 0) is 39.9 Å². The van der Waals surface area contributed by atoms with Crippen LogP contribution in [-0.2, 0) is 9.54 Å². The Labute approximate surface area is 161 Å². The van der Waals surface area contributed by atoms with Gasteiger partial charge in [0.15, 0.2) is 0 Å². The highest BCUT2D eigenvalue weighted by Crippen LogP contribution is 2.58. The second kappa shape index (κ2) is 6.83. The van der Waals surface area contributed by atoms with Gasteiger partial charge in [0.2, 0.25) is 0 Å². The molecule has 3 aromatic rings. The molecule has 0 unspecified atom stereocenters. The van der Waals surface area contributed by atoms with E-state index in [0.29, 0.717) is 0 Å². The van der Waals surface area contributed by atoms with Crippen LogP contribution in [0.5, 0.6) is 0 Å². The fourth-order valence-electron chi connectivity index (χ4n) is 3.72. The number of carbonyl (C=O) groups is 1. The molecule has 0 amide bonds. The van der Waals surface area contributed by atoms with Crippen LogP contribution in [0.25, 0.3) is 11.1 Å². The maximum Gasteiger partial charge on any atom is 0.321 e. The fourth-order valence-corrected chi connectivity index (χ4v) is 5.26. The molecule has 0 spiro atoms. The van der Waals surface area contributed by atoms with Gasteiger partial charge in [-0.15, -0.1) is 11.8 Å². The van der Waals surface area contributed by atoms with Gasteiger partial charge in [-0.25, -0.2) is 4.39 Å². The highest BCUT2D eigenvalue weighted by atomic mass is 32.2. The van der Waals surface area contributed by atoms with Crippen molar-refractivity contribution in [2.75, 3.05) is 5.75 Å². The van der Waals surface area contributed by atoms with Crippen molar-refractivity contribution in [1.82, 2.24) is 0 Å². The fraction of sp³-hybridized carbons (Fsp3) is 0.136. The Hall–Kier alpha value is -2.63. The zero-order valence-corrected chi connectivity index (χ0v) is 15.2. The smallest absolute Gasteiger partial charge is 0.321 e. The van der Waals surface area contributed by atoms with Gasteiger partial charge in [-0.1, -0.05) is 60.7 Å². The summed E-state index contributed by atoms with van der Waals surface area (Å²) in [5.74, 6) is -1.10. The molecule has 0 fully saturated rings. The Balaban J connectivity index is 1.95. The number of halogens is 1. The van der Waals surface area contributed by atoms with E-state index in [2.05, 4.69) is 24.3 Å². The predicted molar refractivity (Wildman–Crippen MR) is 106 cm³/mol. The van der Waals surface area contributed by atoms with Crippen molar-refractivity contribution in [3.8, 4) is 11.1 Å². The third kappa shape index (κ3) is 2.83. The molecule has 27 heavy (non-hydrogen) atoms. The SMILES string of the molecule is N[C@@H](CSC1(c2ccc(F)cc2)c2ccccc2-c2ccccc21)C(=O)O. The van der Waals surface area contributed by atoms with E-state index in [1.807, 2.05) is 24.3 Å². The van der Waals surface area contributed by atoms with Crippen LogP contribution >= 0.6 is 11.8 Å². The van der Waals surface area contributed by atoms with Gasteiger partial charge < -0.3 is 10.8 Å². The van der Waals surface area contributed by atoms with Crippen LogP contribution in [0.15, 0.2) is 72.8 Å². The van der Waals surface area contributed by atoms with Crippen molar-refractivity contribution in [3.63, 3.8) is 0 Å². The first-order valence-electron chi connectivity index (χ1n) is 8.62. The van der Waals surface area contributed by atoms with E-state index < -0.39 is 16.8 Å². The van der Waals surface area contributed by atoms with E-state index in [-0.39, 0.29) is 11.6 Å². The lowest BCUT2D eigenvalue weighted by atomic mass is 9.88. The number of benzene rings is 3. The Kier molecular flexibility index (Phi) is 4.50. The summed E-state index contributed by atoms with van der Waals surface area (Å²) >= 11 is 1.48. The van der Waals surface area contributed by atoms with E-state index in [0.717, 1.165) is 27.8 Å². The molecular weight excluding hydrogens is 361 g/mol. The minimum Gasteiger partial charge on any atom is -0.480 e. The quantitative estimate of drug-likeness (QED) is 0.696. The molecular formula is C22H18FNO2S. The van der Waals surface area contributed by atoms with Gasteiger partial charge in [0, 0.05) is 5.75 Å². The number of nitrogens with two attached hydrogens (primary N) is 1. The van der Waals surface area contributed by atoms with E-state index in [1.54, 1.807) is 12.1 Å². The minimum absolute atomic E-state index is 0.232. The highest BCUT2D eigenvalue weighted by molar-refractivity contribution is 8.00. The van der Waals surface area contributed by atoms with Crippen LogP contribution in [0, 0.1) is 5.82 Å². The largest absolute Gasteiger partial charge is 0.480 e. The number of thioether (sulfide) groups is 1. The summed E-state index contributed by atoms with van der Waals surface area (Å²) in [6.07, 6.45) is 0. The normalized spacial score (nSPS) is 15.0. The maximum absolute atomic E-state index is 13.6. The monoisotopic (exact) mass is 379 g/mol. The molecule has 1 atom stereocenters. The summed E-state index contributed by atoms with van der Waals surface area (Å²) in [7, 11) is 0. The second-order valence-corrected chi connectivity index (χ2v) is 7.77. The molecule has 3 nitrogen and oxygen atoms in total. The van der Waals surface area contributed by atoms with Gasteiger partial charge >= 0.3 is 5.97 Å². The predicted octanol–water partition coefficient (Wildman–Crippen LogP) is 4.24.